The van der Waals surface area contributed by atoms with Gasteiger partial charge < -0.3 is 14.8 Å². The van der Waals surface area contributed by atoms with E-state index in [1.807, 2.05) is 29.4 Å². The molecule has 1 aliphatic rings. The highest BCUT2D eigenvalue weighted by Crippen LogP contribution is 2.19. The lowest BCUT2D eigenvalue weighted by atomic mass is 10.0. The molecule has 0 spiro atoms. The molecule has 0 bridgehead atoms. The molecule has 0 atom stereocenters. The Hall–Kier alpha value is -2.23. The number of nitrogens with zero attached hydrogens (tertiary/aromatic N) is 2. The standard InChI is InChI=1S/C17H21N3O/c1-14(21)19-11-7-15(8-12-19)18-16-5-4-6-17(13-16)20-9-2-3-10-20/h2-6,9-10,13,15,18H,7-8,11-12H2,1H3. The van der Waals surface area contributed by atoms with Crippen LogP contribution >= 0.6 is 0 Å². The van der Waals surface area contributed by atoms with Crippen LogP contribution in [0.1, 0.15) is 19.8 Å². The quantitative estimate of drug-likeness (QED) is 0.940. The van der Waals surface area contributed by atoms with Gasteiger partial charge in [0.05, 0.1) is 0 Å². The van der Waals surface area contributed by atoms with Crippen LogP contribution in [0.25, 0.3) is 5.69 Å². The molecular formula is C17H21N3O. The lowest BCUT2D eigenvalue weighted by Crippen LogP contribution is -2.41. The predicted octanol–water partition coefficient (Wildman–Crippen LogP) is 2.90. The highest BCUT2D eigenvalue weighted by molar-refractivity contribution is 5.73. The molecule has 110 valence electrons. The number of anilines is 1. The summed E-state index contributed by atoms with van der Waals surface area (Å²) < 4.78 is 2.10. The first-order valence-electron chi connectivity index (χ1n) is 7.48. The van der Waals surface area contributed by atoms with Crippen molar-refractivity contribution in [2.45, 2.75) is 25.8 Å². The first kappa shape index (κ1) is 13.7. The van der Waals surface area contributed by atoms with Gasteiger partial charge in [-0.05, 0) is 43.2 Å². The maximum Gasteiger partial charge on any atom is 0.219 e. The molecule has 1 N–H and O–H groups in total. The van der Waals surface area contributed by atoms with E-state index in [1.165, 1.54) is 0 Å². The molecular weight excluding hydrogens is 262 g/mol. The van der Waals surface area contributed by atoms with Crippen LogP contribution in [0.4, 0.5) is 5.69 Å². The zero-order valence-electron chi connectivity index (χ0n) is 12.3. The summed E-state index contributed by atoms with van der Waals surface area (Å²) >= 11 is 0. The fourth-order valence-electron chi connectivity index (χ4n) is 2.84. The summed E-state index contributed by atoms with van der Waals surface area (Å²) in [6.07, 6.45) is 6.11. The van der Waals surface area contributed by atoms with E-state index in [2.05, 4.69) is 34.1 Å². The molecule has 4 heteroatoms. The summed E-state index contributed by atoms with van der Waals surface area (Å²) in [6.45, 7) is 3.35. The molecule has 0 saturated carbocycles. The van der Waals surface area contributed by atoms with Gasteiger partial charge in [0.25, 0.3) is 0 Å². The molecule has 0 unspecified atom stereocenters. The Labute approximate surface area is 125 Å². The Bertz CT molecular complexity index is 598. The monoisotopic (exact) mass is 283 g/mol. The van der Waals surface area contributed by atoms with Gasteiger partial charge in [0.1, 0.15) is 0 Å². The third kappa shape index (κ3) is 3.27. The van der Waals surface area contributed by atoms with E-state index in [1.54, 1.807) is 6.92 Å². The van der Waals surface area contributed by atoms with Crippen molar-refractivity contribution in [3.8, 4) is 5.69 Å². The van der Waals surface area contributed by atoms with E-state index in [9.17, 15) is 4.79 Å². The van der Waals surface area contributed by atoms with Crippen LogP contribution < -0.4 is 5.32 Å². The van der Waals surface area contributed by atoms with Crippen LogP contribution in [-0.4, -0.2) is 34.5 Å². The summed E-state index contributed by atoms with van der Waals surface area (Å²) in [7, 11) is 0. The number of hydrogen-bond donors (Lipinski definition) is 1. The van der Waals surface area contributed by atoms with Crippen molar-refractivity contribution in [1.29, 1.82) is 0 Å². The van der Waals surface area contributed by atoms with E-state index in [0.717, 1.165) is 37.3 Å². The number of piperidine rings is 1. The number of carbonyl (C=O) groups excluding carboxylic acids is 1. The molecule has 1 amide bonds. The normalized spacial score (nSPS) is 16.0. The average Bonchev–Trinajstić information content (AvgIpc) is 3.02. The van der Waals surface area contributed by atoms with Crippen molar-refractivity contribution in [3.05, 3.63) is 48.8 Å². The van der Waals surface area contributed by atoms with E-state index in [4.69, 9.17) is 0 Å². The van der Waals surface area contributed by atoms with Gasteiger partial charge in [-0.15, -0.1) is 0 Å². The molecule has 2 heterocycles. The van der Waals surface area contributed by atoms with Crippen LogP contribution in [0.15, 0.2) is 48.8 Å². The Kier molecular flexibility index (Phi) is 3.95. The van der Waals surface area contributed by atoms with E-state index < -0.39 is 0 Å². The van der Waals surface area contributed by atoms with Crippen molar-refractivity contribution >= 4 is 11.6 Å². The van der Waals surface area contributed by atoms with Crippen molar-refractivity contribution in [2.75, 3.05) is 18.4 Å². The molecule has 1 saturated heterocycles. The summed E-state index contributed by atoms with van der Waals surface area (Å²) in [5.41, 5.74) is 2.30. The fourth-order valence-corrected chi connectivity index (χ4v) is 2.84. The highest BCUT2D eigenvalue weighted by atomic mass is 16.2. The minimum atomic E-state index is 0.183. The molecule has 21 heavy (non-hydrogen) atoms. The Morgan fingerprint density at radius 2 is 1.86 bits per heavy atom. The lowest BCUT2D eigenvalue weighted by molar-refractivity contribution is -0.129. The van der Waals surface area contributed by atoms with Crippen LogP contribution in [0.2, 0.25) is 0 Å². The summed E-state index contributed by atoms with van der Waals surface area (Å²) in [6, 6.07) is 12.9. The number of likely N-dealkylation sites (tertiary alicyclic amines) is 1. The van der Waals surface area contributed by atoms with Crippen molar-refractivity contribution in [3.63, 3.8) is 0 Å². The second-order valence-corrected chi connectivity index (χ2v) is 5.57. The first-order valence-corrected chi connectivity index (χ1v) is 7.48. The number of nitrogens with one attached hydrogen (secondary N) is 1. The van der Waals surface area contributed by atoms with Gasteiger partial charge in [-0.3, -0.25) is 4.79 Å². The van der Waals surface area contributed by atoms with Crippen molar-refractivity contribution in [1.82, 2.24) is 9.47 Å². The third-order valence-electron chi connectivity index (χ3n) is 4.06. The number of hydrogen-bond acceptors (Lipinski definition) is 2. The van der Waals surface area contributed by atoms with E-state index >= 15 is 0 Å². The van der Waals surface area contributed by atoms with Crippen molar-refractivity contribution in [2.24, 2.45) is 0 Å². The van der Waals surface area contributed by atoms with Gasteiger partial charge in [0, 0.05) is 49.8 Å². The van der Waals surface area contributed by atoms with Crippen LogP contribution in [0.5, 0.6) is 0 Å². The van der Waals surface area contributed by atoms with Gasteiger partial charge >= 0.3 is 0 Å². The summed E-state index contributed by atoms with van der Waals surface area (Å²) in [5.74, 6) is 0.183. The zero-order chi connectivity index (χ0) is 14.7. The maximum atomic E-state index is 11.3. The number of rotatable bonds is 3. The summed E-state index contributed by atoms with van der Waals surface area (Å²) in [4.78, 5) is 13.3. The highest BCUT2D eigenvalue weighted by Gasteiger charge is 2.20. The Morgan fingerprint density at radius 3 is 2.52 bits per heavy atom. The molecule has 1 aromatic heterocycles. The molecule has 2 aromatic rings. The second kappa shape index (κ2) is 6.04. The van der Waals surface area contributed by atoms with Gasteiger partial charge in [0.2, 0.25) is 5.91 Å². The predicted molar refractivity (Wildman–Crippen MR) is 84.7 cm³/mol. The number of benzene rings is 1. The molecule has 1 fully saturated rings. The van der Waals surface area contributed by atoms with E-state index in [0.29, 0.717) is 6.04 Å². The number of amides is 1. The lowest BCUT2D eigenvalue weighted by Gasteiger charge is -2.32. The molecule has 1 aromatic carbocycles. The van der Waals surface area contributed by atoms with Gasteiger partial charge in [-0.2, -0.15) is 0 Å². The van der Waals surface area contributed by atoms with Crippen molar-refractivity contribution < 1.29 is 4.79 Å². The van der Waals surface area contributed by atoms with Gasteiger partial charge in [-0.25, -0.2) is 0 Å². The minimum absolute atomic E-state index is 0.183. The second-order valence-electron chi connectivity index (χ2n) is 5.57. The van der Waals surface area contributed by atoms with Crippen LogP contribution in [0.3, 0.4) is 0 Å². The molecule has 1 aliphatic heterocycles. The SMILES string of the molecule is CC(=O)N1CCC(Nc2cccc(-n3cccc3)c2)CC1. The van der Waals surface area contributed by atoms with Crippen LogP contribution in [0, 0.1) is 0 Å². The fraction of sp³-hybridized carbons (Fsp3) is 0.353. The maximum absolute atomic E-state index is 11.3. The van der Waals surface area contributed by atoms with Crippen LogP contribution in [-0.2, 0) is 4.79 Å². The topological polar surface area (TPSA) is 37.3 Å². The third-order valence-corrected chi connectivity index (χ3v) is 4.06. The molecule has 0 radical (unpaired) electrons. The number of carbonyl (C=O) groups is 1. The van der Waals surface area contributed by atoms with Gasteiger partial charge in [0.15, 0.2) is 0 Å². The first-order chi connectivity index (χ1) is 10.2. The average molecular weight is 283 g/mol. The summed E-state index contributed by atoms with van der Waals surface area (Å²) in [5, 5.41) is 3.59. The minimum Gasteiger partial charge on any atom is -0.382 e. The molecule has 3 rings (SSSR count). The largest absolute Gasteiger partial charge is 0.382 e. The smallest absolute Gasteiger partial charge is 0.219 e. The Balaban J connectivity index is 1.64. The Morgan fingerprint density at radius 1 is 1.14 bits per heavy atom. The molecule has 4 nitrogen and oxygen atoms in total. The zero-order valence-corrected chi connectivity index (χ0v) is 12.3. The van der Waals surface area contributed by atoms with Gasteiger partial charge in [-0.1, -0.05) is 6.07 Å². The number of aromatic nitrogens is 1. The van der Waals surface area contributed by atoms with E-state index in [-0.39, 0.29) is 5.91 Å². The molecule has 0 aliphatic carbocycles.